The number of hydrogen-bond donors (Lipinski definition) is 2. The van der Waals surface area contributed by atoms with E-state index in [-0.39, 0.29) is 36.2 Å². The molecule has 0 aliphatic carbocycles. The van der Waals surface area contributed by atoms with Crippen molar-refractivity contribution < 1.29 is 23.1 Å². The van der Waals surface area contributed by atoms with E-state index in [2.05, 4.69) is 20.8 Å². The Morgan fingerprint density at radius 1 is 1.12 bits per heavy atom. The van der Waals surface area contributed by atoms with Crippen molar-refractivity contribution in [2.24, 2.45) is 7.05 Å². The normalized spacial score (nSPS) is 10.7. The largest absolute Gasteiger partial charge is 0.471 e. The van der Waals surface area contributed by atoms with Crippen molar-refractivity contribution in [3.8, 4) is 5.75 Å². The molecule has 32 heavy (non-hydrogen) atoms. The van der Waals surface area contributed by atoms with Gasteiger partial charge in [-0.1, -0.05) is 0 Å². The van der Waals surface area contributed by atoms with Gasteiger partial charge in [0.05, 0.1) is 18.5 Å². The Kier molecular flexibility index (Phi) is 5.97. The number of anilines is 1. The van der Waals surface area contributed by atoms with Gasteiger partial charge in [0.25, 0.3) is 11.8 Å². The molecule has 0 radical (unpaired) electrons. The maximum absolute atomic E-state index is 13.0. The average Bonchev–Trinajstić information content (AvgIpc) is 3.53. The number of benzene rings is 1. The molecule has 2 amide bonds. The number of amides is 2. The molecule has 0 aliphatic heterocycles. The molecule has 0 bridgehead atoms. The molecule has 10 nitrogen and oxygen atoms in total. The highest BCUT2D eigenvalue weighted by molar-refractivity contribution is 6.07. The van der Waals surface area contributed by atoms with E-state index in [1.807, 2.05) is 0 Å². The Morgan fingerprint density at radius 2 is 1.94 bits per heavy atom. The second kappa shape index (κ2) is 9.16. The van der Waals surface area contributed by atoms with E-state index in [4.69, 9.17) is 9.15 Å². The second-order valence-corrected chi connectivity index (χ2v) is 6.75. The first-order chi connectivity index (χ1) is 15.5. The van der Waals surface area contributed by atoms with Gasteiger partial charge in [0.15, 0.2) is 18.1 Å². The Labute approximate surface area is 181 Å². The summed E-state index contributed by atoms with van der Waals surface area (Å²) in [6, 6.07) is 10.5. The molecular formula is C21H19FN6O4. The third-order valence-electron chi connectivity index (χ3n) is 4.35. The van der Waals surface area contributed by atoms with Crippen molar-refractivity contribution >= 4 is 17.5 Å². The minimum Gasteiger partial charge on any atom is -0.471 e. The minimum absolute atomic E-state index is 0.0340. The fourth-order valence-corrected chi connectivity index (χ4v) is 2.82. The fourth-order valence-electron chi connectivity index (χ4n) is 2.82. The third-order valence-corrected chi connectivity index (χ3v) is 4.35. The lowest BCUT2D eigenvalue weighted by Crippen LogP contribution is -2.25. The summed E-state index contributed by atoms with van der Waals surface area (Å²) in [5.74, 6) is -0.282. The predicted octanol–water partition coefficient (Wildman–Crippen LogP) is 2.57. The van der Waals surface area contributed by atoms with Crippen molar-refractivity contribution in [3.05, 3.63) is 84.1 Å². The standard InChI is InChI=1S/C21H19FN6O4/c1-27-12-18(19(26-27)21(30)23-11-16-3-2-10-31-16)24-20(29)17-8-9-28(25-17)13-32-15-6-4-14(22)5-7-15/h2-10,12H,11,13H2,1H3,(H,23,30)(H,24,29). The van der Waals surface area contributed by atoms with E-state index in [1.165, 1.54) is 52.2 Å². The Balaban J connectivity index is 1.37. The number of carbonyl (C=O) groups is 2. The van der Waals surface area contributed by atoms with E-state index < -0.39 is 11.8 Å². The topological polar surface area (TPSA) is 116 Å². The molecule has 0 aliphatic rings. The lowest BCUT2D eigenvalue weighted by atomic mass is 10.3. The summed E-state index contributed by atoms with van der Waals surface area (Å²) in [6.45, 7) is 0.223. The van der Waals surface area contributed by atoms with E-state index in [9.17, 15) is 14.0 Å². The number of ether oxygens (including phenoxy) is 1. The third kappa shape index (κ3) is 5.01. The minimum atomic E-state index is -0.515. The number of aromatic nitrogens is 4. The summed E-state index contributed by atoms with van der Waals surface area (Å²) in [4.78, 5) is 25.1. The molecular weight excluding hydrogens is 419 g/mol. The van der Waals surface area contributed by atoms with Crippen LogP contribution >= 0.6 is 0 Å². The van der Waals surface area contributed by atoms with Crippen molar-refractivity contribution in [2.75, 3.05) is 5.32 Å². The first kappa shape index (κ1) is 20.8. The predicted molar refractivity (Wildman–Crippen MR) is 110 cm³/mol. The summed E-state index contributed by atoms with van der Waals surface area (Å²) < 4.78 is 26.5. The molecule has 3 aromatic heterocycles. The number of furan rings is 1. The molecule has 11 heteroatoms. The maximum atomic E-state index is 13.0. The van der Waals surface area contributed by atoms with Gasteiger partial charge in [-0.2, -0.15) is 10.2 Å². The van der Waals surface area contributed by atoms with Gasteiger partial charge in [0.1, 0.15) is 17.3 Å². The van der Waals surface area contributed by atoms with Crippen LogP contribution in [0.3, 0.4) is 0 Å². The highest BCUT2D eigenvalue weighted by atomic mass is 19.1. The van der Waals surface area contributed by atoms with Crippen molar-refractivity contribution in [1.29, 1.82) is 0 Å². The first-order valence-electron chi connectivity index (χ1n) is 9.55. The molecule has 3 heterocycles. The van der Waals surface area contributed by atoms with Gasteiger partial charge in [0, 0.05) is 19.4 Å². The molecule has 2 N–H and O–H groups in total. The first-order valence-corrected chi connectivity index (χ1v) is 9.55. The molecule has 4 rings (SSSR count). The molecule has 0 atom stereocenters. The van der Waals surface area contributed by atoms with Gasteiger partial charge in [0.2, 0.25) is 0 Å². The molecule has 0 saturated carbocycles. The van der Waals surface area contributed by atoms with E-state index >= 15 is 0 Å². The summed E-state index contributed by atoms with van der Waals surface area (Å²) >= 11 is 0. The second-order valence-electron chi connectivity index (χ2n) is 6.75. The molecule has 1 aromatic carbocycles. The van der Waals surface area contributed by atoms with Crippen molar-refractivity contribution in [2.45, 2.75) is 13.3 Å². The smallest absolute Gasteiger partial charge is 0.276 e. The zero-order valence-corrected chi connectivity index (χ0v) is 17.0. The number of nitrogens with zero attached hydrogens (tertiary/aromatic N) is 4. The van der Waals surface area contributed by atoms with E-state index in [0.717, 1.165) is 0 Å². The zero-order chi connectivity index (χ0) is 22.5. The van der Waals surface area contributed by atoms with Crippen LogP contribution in [0, 0.1) is 5.82 Å². The van der Waals surface area contributed by atoms with Crippen LogP contribution < -0.4 is 15.4 Å². The van der Waals surface area contributed by atoms with Crippen LogP contribution in [-0.4, -0.2) is 31.4 Å². The molecule has 0 fully saturated rings. The maximum Gasteiger partial charge on any atom is 0.276 e. The Bertz CT molecular complexity index is 1210. The Hall–Kier alpha value is -4.41. The number of aryl methyl sites for hydroxylation is 1. The Morgan fingerprint density at radius 3 is 2.69 bits per heavy atom. The molecule has 164 valence electrons. The summed E-state index contributed by atoms with van der Waals surface area (Å²) in [7, 11) is 1.64. The van der Waals surface area contributed by atoms with Gasteiger partial charge >= 0.3 is 0 Å². The number of rotatable bonds is 8. The van der Waals surface area contributed by atoms with Gasteiger partial charge in [-0.05, 0) is 42.5 Å². The van der Waals surface area contributed by atoms with Gasteiger partial charge < -0.3 is 19.8 Å². The highest BCUT2D eigenvalue weighted by Crippen LogP contribution is 2.15. The summed E-state index contributed by atoms with van der Waals surface area (Å²) in [5, 5.41) is 13.6. The summed E-state index contributed by atoms with van der Waals surface area (Å²) in [6.07, 6.45) is 4.60. The van der Waals surface area contributed by atoms with Crippen LogP contribution in [-0.2, 0) is 20.3 Å². The van der Waals surface area contributed by atoms with Gasteiger partial charge in [-0.15, -0.1) is 0 Å². The monoisotopic (exact) mass is 438 g/mol. The number of halogens is 1. The van der Waals surface area contributed by atoms with Crippen LogP contribution in [0.4, 0.5) is 10.1 Å². The van der Waals surface area contributed by atoms with Crippen LogP contribution in [0.2, 0.25) is 0 Å². The van der Waals surface area contributed by atoms with Gasteiger partial charge in [-0.3, -0.25) is 14.3 Å². The van der Waals surface area contributed by atoms with Crippen molar-refractivity contribution in [3.63, 3.8) is 0 Å². The van der Waals surface area contributed by atoms with Crippen LogP contribution in [0.1, 0.15) is 26.7 Å². The van der Waals surface area contributed by atoms with E-state index in [1.54, 1.807) is 25.4 Å². The van der Waals surface area contributed by atoms with Gasteiger partial charge in [-0.25, -0.2) is 9.07 Å². The number of carbonyl (C=O) groups excluding carboxylic acids is 2. The number of nitrogens with one attached hydrogen (secondary N) is 2. The van der Waals surface area contributed by atoms with Crippen LogP contribution in [0.5, 0.6) is 5.75 Å². The van der Waals surface area contributed by atoms with Crippen molar-refractivity contribution in [1.82, 2.24) is 24.9 Å². The molecule has 0 unspecified atom stereocenters. The van der Waals surface area contributed by atoms with Crippen LogP contribution in [0.15, 0.2) is 65.5 Å². The summed E-state index contributed by atoms with van der Waals surface area (Å²) in [5.41, 5.74) is 0.427. The SMILES string of the molecule is Cn1cc(NC(=O)c2ccn(COc3ccc(F)cc3)n2)c(C(=O)NCc2ccco2)n1. The quantitative estimate of drug-likeness (QED) is 0.437. The average molecular weight is 438 g/mol. The number of hydrogen-bond acceptors (Lipinski definition) is 6. The highest BCUT2D eigenvalue weighted by Gasteiger charge is 2.20. The molecule has 4 aromatic rings. The molecule has 0 spiro atoms. The van der Waals surface area contributed by atoms with E-state index in [0.29, 0.717) is 11.5 Å². The van der Waals surface area contributed by atoms with Crippen LogP contribution in [0.25, 0.3) is 0 Å². The lowest BCUT2D eigenvalue weighted by Gasteiger charge is -2.06. The lowest BCUT2D eigenvalue weighted by molar-refractivity contribution is 0.0943. The molecule has 0 saturated heterocycles. The zero-order valence-electron chi connectivity index (χ0n) is 17.0. The fraction of sp³-hybridized carbons (Fsp3) is 0.143.